The van der Waals surface area contributed by atoms with E-state index in [2.05, 4.69) is 12.2 Å². The maximum absolute atomic E-state index is 12.1. The molecule has 2 fully saturated rings. The first-order valence-electron chi connectivity index (χ1n) is 6.76. The highest BCUT2D eigenvalue weighted by molar-refractivity contribution is 5.82. The lowest BCUT2D eigenvalue weighted by atomic mass is 9.94. The maximum Gasteiger partial charge on any atom is 0.140 e. The number of carbonyl (C=O) groups excluding carboxylic acids is 1. The smallest absolute Gasteiger partial charge is 0.140 e. The molecule has 0 spiro atoms. The summed E-state index contributed by atoms with van der Waals surface area (Å²) in [5.41, 5.74) is 0. The monoisotopic (exact) mass is 241 g/mol. The lowest BCUT2D eigenvalue weighted by Crippen LogP contribution is -2.39. The molecule has 4 nitrogen and oxygen atoms in total. The first-order valence-corrected chi connectivity index (χ1v) is 6.76. The predicted molar refractivity (Wildman–Crippen MR) is 65.0 cm³/mol. The Balaban J connectivity index is 1.74. The Morgan fingerprint density at radius 3 is 3.00 bits per heavy atom. The summed E-state index contributed by atoms with van der Waals surface area (Å²) in [6.45, 7) is 5.08. The molecule has 0 aliphatic carbocycles. The van der Waals surface area contributed by atoms with Crippen molar-refractivity contribution < 1.29 is 14.3 Å². The van der Waals surface area contributed by atoms with Gasteiger partial charge in [0, 0.05) is 19.1 Å². The minimum atomic E-state index is 0.0522. The summed E-state index contributed by atoms with van der Waals surface area (Å²) in [6.07, 6.45) is 4.10. The van der Waals surface area contributed by atoms with Gasteiger partial charge in [-0.05, 0) is 25.8 Å². The lowest BCUT2D eigenvalue weighted by molar-refractivity contribution is -0.123. The number of rotatable bonds is 6. The van der Waals surface area contributed by atoms with Crippen molar-refractivity contribution in [1.29, 1.82) is 0 Å². The summed E-state index contributed by atoms with van der Waals surface area (Å²) in [5.74, 6) is 0.389. The van der Waals surface area contributed by atoms with Crippen LogP contribution in [0.25, 0.3) is 0 Å². The Labute approximate surface area is 103 Å². The fourth-order valence-corrected chi connectivity index (χ4v) is 2.70. The van der Waals surface area contributed by atoms with Crippen LogP contribution in [0.5, 0.6) is 0 Å². The van der Waals surface area contributed by atoms with Gasteiger partial charge in [-0.15, -0.1) is 0 Å². The zero-order valence-corrected chi connectivity index (χ0v) is 10.6. The molecule has 0 saturated carbocycles. The van der Waals surface area contributed by atoms with Gasteiger partial charge in [0.1, 0.15) is 5.78 Å². The van der Waals surface area contributed by atoms with Crippen LogP contribution in [-0.4, -0.2) is 44.3 Å². The first-order chi connectivity index (χ1) is 8.31. The quantitative estimate of drug-likeness (QED) is 0.757. The zero-order valence-electron chi connectivity index (χ0n) is 10.6. The number of ketones is 1. The van der Waals surface area contributed by atoms with E-state index in [4.69, 9.17) is 9.47 Å². The Bertz CT molecular complexity index is 251. The van der Waals surface area contributed by atoms with Gasteiger partial charge in [0.2, 0.25) is 0 Å². The third kappa shape index (κ3) is 3.50. The van der Waals surface area contributed by atoms with Crippen molar-refractivity contribution in [1.82, 2.24) is 5.32 Å². The van der Waals surface area contributed by atoms with Gasteiger partial charge in [0.05, 0.1) is 25.2 Å². The van der Waals surface area contributed by atoms with Crippen LogP contribution in [-0.2, 0) is 14.3 Å². The molecular formula is C13H23NO3. The highest BCUT2D eigenvalue weighted by Crippen LogP contribution is 2.21. The number of likely N-dealkylation sites (N-methyl/N-ethyl adjacent to an activating group) is 1. The highest BCUT2D eigenvalue weighted by Gasteiger charge is 2.33. The van der Waals surface area contributed by atoms with Crippen molar-refractivity contribution in [2.75, 3.05) is 26.4 Å². The average molecular weight is 241 g/mol. The molecule has 2 aliphatic heterocycles. The summed E-state index contributed by atoms with van der Waals surface area (Å²) < 4.78 is 10.9. The molecule has 0 radical (unpaired) electrons. The van der Waals surface area contributed by atoms with Crippen molar-refractivity contribution in [3.63, 3.8) is 0 Å². The predicted octanol–water partition coefficient (Wildman–Crippen LogP) is 1.14. The molecule has 3 unspecified atom stereocenters. The molecule has 0 aromatic rings. The molecule has 98 valence electrons. The van der Waals surface area contributed by atoms with Crippen molar-refractivity contribution in [2.24, 2.45) is 5.92 Å². The fraction of sp³-hybridized carbons (Fsp3) is 0.923. The first kappa shape index (κ1) is 13.0. The van der Waals surface area contributed by atoms with Gasteiger partial charge in [0.15, 0.2) is 0 Å². The molecular weight excluding hydrogens is 218 g/mol. The standard InChI is InChI=1S/C13H23NO3/c1-2-14-12-9-16-8-11(12)13(15)6-5-10-4-3-7-17-10/h10-12,14H,2-9H2,1H3. The second kappa shape index (κ2) is 6.47. The van der Waals surface area contributed by atoms with Gasteiger partial charge in [-0.2, -0.15) is 0 Å². The Morgan fingerprint density at radius 1 is 1.41 bits per heavy atom. The van der Waals surface area contributed by atoms with Crippen LogP contribution in [0.15, 0.2) is 0 Å². The van der Waals surface area contributed by atoms with Crippen molar-refractivity contribution in [3.05, 3.63) is 0 Å². The minimum Gasteiger partial charge on any atom is -0.379 e. The molecule has 17 heavy (non-hydrogen) atoms. The van der Waals surface area contributed by atoms with Crippen LogP contribution in [0.2, 0.25) is 0 Å². The number of ether oxygens (including phenoxy) is 2. The van der Waals surface area contributed by atoms with Crippen molar-refractivity contribution in [3.8, 4) is 0 Å². The van der Waals surface area contributed by atoms with Gasteiger partial charge >= 0.3 is 0 Å². The van der Waals surface area contributed by atoms with E-state index in [1.807, 2.05) is 0 Å². The number of hydrogen-bond acceptors (Lipinski definition) is 4. The van der Waals surface area contributed by atoms with Gasteiger partial charge in [-0.1, -0.05) is 6.92 Å². The Hall–Kier alpha value is -0.450. The maximum atomic E-state index is 12.1. The van der Waals surface area contributed by atoms with Crippen LogP contribution in [0, 0.1) is 5.92 Å². The second-order valence-corrected chi connectivity index (χ2v) is 4.95. The largest absolute Gasteiger partial charge is 0.379 e. The molecule has 3 atom stereocenters. The van der Waals surface area contributed by atoms with Crippen molar-refractivity contribution in [2.45, 2.75) is 44.8 Å². The summed E-state index contributed by atoms with van der Waals surface area (Å²) in [7, 11) is 0. The van der Waals surface area contributed by atoms with Crippen molar-refractivity contribution >= 4 is 5.78 Å². The topological polar surface area (TPSA) is 47.6 Å². The van der Waals surface area contributed by atoms with E-state index in [1.165, 1.54) is 0 Å². The van der Waals surface area contributed by atoms with E-state index in [9.17, 15) is 4.79 Å². The fourth-order valence-electron chi connectivity index (χ4n) is 2.70. The molecule has 0 aromatic carbocycles. The van der Waals surface area contributed by atoms with Gasteiger partial charge in [-0.3, -0.25) is 4.79 Å². The van der Waals surface area contributed by atoms with E-state index >= 15 is 0 Å². The molecule has 0 aromatic heterocycles. The number of nitrogens with one attached hydrogen (secondary N) is 1. The summed E-state index contributed by atoms with van der Waals surface area (Å²) >= 11 is 0. The minimum absolute atomic E-state index is 0.0522. The van der Waals surface area contributed by atoms with E-state index in [-0.39, 0.29) is 12.0 Å². The second-order valence-electron chi connectivity index (χ2n) is 4.95. The molecule has 2 saturated heterocycles. The van der Waals surface area contributed by atoms with Crippen LogP contribution >= 0.6 is 0 Å². The molecule has 2 rings (SSSR count). The van der Waals surface area contributed by atoms with Crippen LogP contribution < -0.4 is 5.32 Å². The van der Waals surface area contributed by atoms with Crippen LogP contribution in [0.4, 0.5) is 0 Å². The van der Waals surface area contributed by atoms with E-state index < -0.39 is 0 Å². The molecule has 0 amide bonds. The molecule has 2 aliphatic rings. The molecule has 1 N–H and O–H groups in total. The third-order valence-electron chi connectivity index (χ3n) is 3.70. The van der Waals surface area contributed by atoms with Gasteiger partial charge in [-0.25, -0.2) is 0 Å². The van der Waals surface area contributed by atoms with Crippen LogP contribution in [0.1, 0.15) is 32.6 Å². The van der Waals surface area contributed by atoms with Gasteiger partial charge < -0.3 is 14.8 Å². The number of Topliss-reactive ketones (excluding diaryl/α,β-unsaturated/α-hetero) is 1. The Morgan fingerprint density at radius 2 is 2.29 bits per heavy atom. The molecule has 2 heterocycles. The molecule has 4 heteroatoms. The highest BCUT2D eigenvalue weighted by atomic mass is 16.5. The zero-order chi connectivity index (χ0) is 12.1. The third-order valence-corrected chi connectivity index (χ3v) is 3.70. The molecule has 0 bridgehead atoms. The summed E-state index contributed by atoms with van der Waals surface area (Å²) in [6, 6.07) is 0.219. The summed E-state index contributed by atoms with van der Waals surface area (Å²) in [4.78, 5) is 12.1. The number of carbonyl (C=O) groups is 1. The van der Waals surface area contributed by atoms with E-state index in [1.54, 1.807) is 0 Å². The Kier molecular flexibility index (Phi) is 4.95. The summed E-state index contributed by atoms with van der Waals surface area (Å²) in [5, 5.41) is 3.33. The SMILES string of the molecule is CCNC1COCC1C(=O)CCC1CCCO1. The average Bonchev–Trinajstić information content (AvgIpc) is 2.97. The normalized spacial score (nSPS) is 33.1. The van der Waals surface area contributed by atoms with Gasteiger partial charge in [0.25, 0.3) is 0 Å². The van der Waals surface area contributed by atoms with Crippen LogP contribution in [0.3, 0.4) is 0 Å². The van der Waals surface area contributed by atoms with E-state index in [0.717, 1.165) is 32.4 Å². The van der Waals surface area contributed by atoms with E-state index in [0.29, 0.717) is 31.5 Å². The number of hydrogen-bond donors (Lipinski definition) is 1. The lowest BCUT2D eigenvalue weighted by Gasteiger charge is -2.17.